The average Bonchev–Trinajstić information content (AvgIpc) is 3.10. The van der Waals surface area contributed by atoms with Crippen molar-refractivity contribution in [3.05, 3.63) is 52.0 Å². The monoisotopic (exact) mass is 330 g/mol. The summed E-state index contributed by atoms with van der Waals surface area (Å²) in [7, 11) is 0. The van der Waals surface area contributed by atoms with E-state index < -0.39 is 12.0 Å². The van der Waals surface area contributed by atoms with Crippen LogP contribution in [0.2, 0.25) is 0 Å². The Morgan fingerprint density at radius 2 is 2.30 bits per heavy atom. The van der Waals surface area contributed by atoms with E-state index in [4.69, 9.17) is 0 Å². The van der Waals surface area contributed by atoms with Crippen LogP contribution in [0.1, 0.15) is 48.4 Å². The number of aryl methyl sites for hydroxylation is 1. The molecule has 1 aliphatic rings. The normalized spacial score (nSPS) is 20.3. The summed E-state index contributed by atoms with van der Waals surface area (Å²) in [5.41, 5.74) is 2.14. The van der Waals surface area contributed by atoms with Crippen LogP contribution in [0.4, 0.5) is 0 Å². The minimum absolute atomic E-state index is 0.0673. The van der Waals surface area contributed by atoms with E-state index in [0.717, 1.165) is 36.4 Å². The second-order valence-electron chi connectivity index (χ2n) is 5.95. The number of carboxylic acids is 1. The number of carbonyl (C=O) groups is 1. The van der Waals surface area contributed by atoms with Crippen LogP contribution in [0.25, 0.3) is 0 Å². The van der Waals surface area contributed by atoms with Gasteiger partial charge in [-0.15, -0.1) is 11.3 Å². The fourth-order valence-corrected chi connectivity index (χ4v) is 4.12. The van der Waals surface area contributed by atoms with E-state index in [9.17, 15) is 9.90 Å². The third-order valence-corrected chi connectivity index (χ3v) is 5.43. The summed E-state index contributed by atoms with van der Waals surface area (Å²) < 4.78 is 0. The minimum atomic E-state index is -0.726. The van der Waals surface area contributed by atoms with Crippen molar-refractivity contribution < 1.29 is 9.90 Å². The summed E-state index contributed by atoms with van der Waals surface area (Å²) in [5.74, 6) is -0.726. The van der Waals surface area contributed by atoms with Crippen LogP contribution in [0.15, 0.2) is 35.8 Å². The quantitative estimate of drug-likeness (QED) is 0.907. The van der Waals surface area contributed by atoms with Gasteiger partial charge in [0.25, 0.3) is 0 Å². The lowest BCUT2D eigenvalue weighted by Crippen LogP contribution is -2.46. The van der Waals surface area contributed by atoms with Gasteiger partial charge in [0.15, 0.2) is 0 Å². The lowest BCUT2D eigenvalue weighted by atomic mass is 9.97. The number of nitrogens with zero attached hydrogens (tertiary/aromatic N) is 2. The van der Waals surface area contributed by atoms with Crippen molar-refractivity contribution in [3.63, 3.8) is 0 Å². The van der Waals surface area contributed by atoms with Crippen molar-refractivity contribution in [2.75, 3.05) is 6.54 Å². The third-order valence-electron chi connectivity index (χ3n) is 4.51. The maximum absolute atomic E-state index is 11.7. The molecule has 0 aromatic carbocycles. The topological polar surface area (TPSA) is 53.4 Å². The standard InChI is InChI=1S/C18H22N2O2S/c1-2-13-8-9-14(19-12-13)17(16-7-5-11-23-16)20-10-4-3-6-15(20)18(21)22/h5,7-9,11-12,15,17H,2-4,6,10H2,1H3,(H,21,22). The third kappa shape index (κ3) is 3.46. The summed E-state index contributed by atoms with van der Waals surface area (Å²) in [6.45, 7) is 2.91. The summed E-state index contributed by atoms with van der Waals surface area (Å²) >= 11 is 1.67. The molecule has 1 saturated heterocycles. The van der Waals surface area contributed by atoms with Gasteiger partial charge in [0.05, 0.1) is 11.7 Å². The van der Waals surface area contributed by atoms with Gasteiger partial charge in [0.1, 0.15) is 6.04 Å². The molecule has 1 fully saturated rings. The number of thiophene rings is 1. The number of carboxylic acid groups (broad SMARTS) is 1. The zero-order chi connectivity index (χ0) is 16.2. The predicted octanol–water partition coefficient (Wildman–Crippen LogP) is 3.73. The highest BCUT2D eigenvalue weighted by atomic mass is 32.1. The lowest BCUT2D eigenvalue weighted by molar-refractivity contribution is -0.145. The fraction of sp³-hybridized carbons (Fsp3) is 0.444. The van der Waals surface area contributed by atoms with E-state index in [-0.39, 0.29) is 6.04 Å². The molecule has 2 aromatic heterocycles. The Morgan fingerprint density at radius 3 is 2.91 bits per heavy atom. The maximum atomic E-state index is 11.7. The first-order valence-electron chi connectivity index (χ1n) is 8.17. The van der Waals surface area contributed by atoms with Crippen LogP contribution in [0.5, 0.6) is 0 Å². The van der Waals surface area contributed by atoms with Gasteiger partial charge in [-0.05, 0) is 42.3 Å². The second-order valence-corrected chi connectivity index (χ2v) is 6.93. The van der Waals surface area contributed by atoms with Crippen LogP contribution in [-0.4, -0.2) is 33.5 Å². The molecular formula is C18H22N2O2S. The molecule has 2 unspecified atom stereocenters. The molecule has 1 aliphatic heterocycles. The van der Waals surface area contributed by atoms with Crippen LogP contribution < -0.4 is 0 Å². The largest absolute Gasteiger partial charge is 0.480 e. The van der Waals surface area contributed by atoms with Gasteiger partial charge in [-0.25, -0.2) is 0 Å². The number of aromatic nitrogens is 1. The Hall–Kier alpha value is -1.72. The molecule has 1 N–H and O–H groups in total. The van der Waals surface area contributed by atoms with Gasteiger partial charge in [-0.3, -0.25) is 14.7 Å². The van der Waals surface area contributed by atoms with Gasteiger partial charge in [0, 0.05) is 17.6 Å². The number of likely N-dealkylation sites (tertiary alicyclic amines) is 1. The van der Waals surface area contributed by atoms with Crippen molar-refractivity contribution in [2.45, 2.75) is 44.7 Å². The molecule has 2 atom stereocenters. The Bertz CT molecular complexity index is 640. The molecule has 0 amide bonds. The molecule has 23 heavy (non-hydrogen) atoms. The lowest BCUT2D eigenvalue weighted by Gasteiger charge is -2.38. The van der Waals surface area contributed by atoms with Crippen LogP contribution in [-0.2, 0) is 11.2 Å². The Kier molecular flexibility index (Phi) is 5.08. The zero-order valence-corrected chi connectivity index (χ0v) is 14.1. The number of hydrogen-bond acceptors (Lipinski definition) is 4. The molecule has 5 heteroatoms. The predicted molar refractivity (Wildman–Crippen MR) is 91.8 cm³/mol. The molecule has 0 radical (unpaired) electrons. The number of piperidine rings is 1. The van der Waals surface area contributed by atoms with Crippen LogP contribution in [0, 0.1) is 0 Å². The van der Waals surface area contributed by atoms with E-state index in [2.05, 4.69) is 35.0 Å². The van der Waals surface area contributed by atoms with Crippen molar-refractivity contribution in [1.29, 1.82) is 0 Å². The maximum Gasteiger partial charge on any atom is 0.320 e. The van der Waals surface area contributed by atoms with Crippen LogP contribution in [0.3, 0.4) is 0 Å². The molecule has 122 valence electrons. The minimum Gasteiger partial charge on any atom is -0.480 e. The van der Waals surface area contributed by atoms with Crippen molar-refractivity contribution in [1.82, 2.24) is 9.88 Å². The second kappa shape index (κ2) is 7.23. The Balaban J connectivity index is 1.99. The molecule has 3 heterocycles. The number of pyridine rings is 1. The summed E-state index contributed by atoms with van der Waals surface area (Å²) in [4.78, 5) is 19.6. The summed E-state index contributed by atoms with van der Waals surface area (Å²) in [6.07, 6.45) is 5.60. The molecule has 0 spiro atoms. The molecule has 0 aliphatic carbocycles. The molecule has 0 saturated carbocycles. The highest BCUT2D eigenvalue weighted by molar-refractivity contribution is 7.10. The number of hydrogen-bond donors (Lipinski definition) is 1. The van der Waals surface area contributed by atoms with Crippen molar-refractivity contribution in [2.24, 2.45) is 0 Å². The Labute approximate surface area is 140 Å². The van der Waals surface area contributed by atoms with E-state index in [1.54, 1.807) is 11.3 Å². The van der Waals surface area contributed by atoms with Gasteiger partial charge in [0.2, 0.25) is 0 Å². The first-order valence-corrected chi connectivity index (χ1v) is 9.05. The summed E-state index contributed by atoms with van der Waals surface area (Å²) in [6, 6.07) is 7.76. The van der Waals surface area contributed by atoms with Gasteiger partial charge in [-0.2, -0.15) is 0 Å². The molecule has 4 nitrogen and oxygen atoms in total. The van der Waals surface area contributed by atoms with E-state index >= 15 is 0 Å². The SMILES string of the molecule is CCc1ccc(C(c2cccs2)N2CCCCC2C(=O)O)nc1. The highest BCUT2D eigenvalue weighted by Crippen LogP contribution is 2.35. The van der Waals surface area contributed by atoms with Crippen molar-refractivity contribution in [3.8, 4) is 0 Å². The summed E-state index contributed by atoms with van der Waals surface area (Å²) in [5, 5.41) is 11.7. The van der Waals surface area contributed by atoms with E-state index in [0.29, 0.717) is 6.42 Å². The molecule has 0 bridgehead atoms. The first kappa shape index (κ1) is 16.1. The number of rotatable bonds is 5. The van der Waals surface area contributed by atoms with Crippen LogP contribution >= 0.6 is 11.3 Å². The molecule has 3 rings (SSSR count). The van der Waals surface area contributed by atoms with Gasteiger partial charge >= 0.3 is 5.97 Å². The van der Waals surface area contributed by atoms with Crippen molar-refractivity contribution >= 4 is 17.3 Å². The molecule has 2 aromatic rings. The first-order chi connectivity index (χ1) is 11.2. The van der Waals surface area contributed by atoms with Gasteiger partial charge < -0.3 is 5.11 Å². The fourth-order valence-electron chi connectivity index (χ4n) is 3.26. The number of aliphatic carboxylic acids is 1. The van der Waals surface area contributed by atoms with E-state index in [1.165, 1.54) is 5.56 Å². The van der Waals surface area contributed by atoms with Gasteiger partial charge in [-0.1, -0.05) is 25.5 Å². The smallest absolute Gasteiger partial charge is 0.320 e. The molecular weight excluding hydrogens is 308 g/mol. The highest BCUT2D eigenvalue weighted by Gasteiger charge is 2.36. The Morgan fingerprint density at radius 1 is 1.43 bits per heavy atom. The van der Waals surface area contributed by atoms with E-state index in [1.807, 2.05) is 17.6 Å². The zero-order valence-electron chi connectivity index (χ0n) is 13.3. The average molecular weight is 330 g/mol.